The van der Waals surface area contributed by atoms with Gasteiger partial charge in [0.05, 0.1) is 6.42 Å². The van der Waals surface area contributed by atoms with Crippen LogP contribution in [-0.4, -0.2) is 56.4 Å². The van der Waals surface area contributed by atoms with Gasteiger partial charge in [0.15, 0.2) is 5.82 Å². The number of anilines is 1. The molecule has 0 aliphatic carbocycles. The molecule has 0 spiro atoms. The summed E-state index contributed by atoms with van der Waals surface area (Å²) in [6.07, 6.45) is -5.73. The number of benzene rings is 1. The van der Waals surface area contributed by atoms with Crippen LogP contribution >= 0.6 is 0 Å². The number of carboxylic acids is 2. The number of rotatable bonds is 10. The molecular weight excluding hydrogens is 578 g/mol. The fraction of sp³-hybridized carbons (Fsp3) is 0.423. The Morgan fingerprint density at radius 1 is 1.00 bits per heavy atom. The largest absolute Gasteiger partial charge is 0.573 e. The number of carboxylic acid groups (broad SMARTS) is 2. The molecule has 0 saturated heterocycles. The second-order valence-corrected chi connectivity index (χ2v) is 9.22. The fourth-order valence-corrected chi connectivity index (χ4v) is 4.08. The van der Waals surface area contributed by atoms with Gasteiger partial charge in [0.25, 0.3) is 0 Å². The topological polar surface area (TPSA) is 148 Å². The molecule has 1 aliphatic heterocycles. The zero-order chi connectivity index (χ0) is 30.9. The van der Waals surface area contributed by atoms with Crippen molar-refractivity contribution in [2.24, 2.45) is 0 Å². The monoisotopic (exact) mass is 604 g/mol. The van der Waals surface area contributed by atoms with Crippen molar-refractivity contribution in [3.05, 3.63) is 64.9 Å². The Bertz CT molecular complexity index is 1340. The molecule has 4 rings (SSSR count). The number of ether oxygens (including phenoxy) is 1. The number of fused-ring (bicyclic) bond motifs is 1. The van der Waals surface area contributed by atoms with Gasteiger partial charge in [-0.2, -0.15) is 18.2 Å². The highest BCUT2D eigenvalue weighted by Crippen LogP contribution is 2.28. The molecule has 10 nitrogen and oxygen atoms in total. The van der Waals surface area contributed by atoms with Crippen molar-refractivity contribution in [3.63, 3.8) is 0 Å². The number of aromatic nitrogens is 3. The highest BCUT2D eigenvalue weighted by molar-refractivity contribution is 5.73. The van der Waals surface area contributed by atoms with Crippen molar-refractivity contribution in [1.82, 2.24) is 15.1 Å². The lowest BCUT2D eigenvalue weighted by Gasteiger charge is -2.17. The number of carbonyl (C=O) groups is 2. The van der Waals surface area contributed by atoms with Gasteiger partial charge in [-0.1, -0.05) is 23.4 Å². The fourth-order valence-electron chi connectivity index (χ4n) is 4.08. The number of hydrogen-bond donors (Lipinski definition) is 3. The van der Waals surface area contributed by atoms with E-state index in [2.05, 4.69) is 31.2 Å². The Balaban J connectivity index is 0.000000616. The van der Waals surface area contributed by atoms with Gasteiger partial charge in [-0.25, -0.2) is 9.78 Å². The Morgan fingerprint density at radius 3 is 2.31 bits per heavy atom. The number of alkyl halides is 6. The van der Waals surface area contributed by atoms with Gasteiger partial charge >= 0.3 is 24.5 Å². The summed E-state index contributed by atoms with van der Waals surface area (Å²) in [6, 6.07) is 9.27. The van der Waals surface area contributed by atoms with Crippen LogP contribution in [0.1, 0.15) is 53.7 Å². The number of nitrogens with zero attached hydrogens (tertiary/aromatic N) is 3. The van der Waals surface area contributed by atoms with Crippen LogP contribution in [-0.2, 0) is 35.3 Å². The first kappa shape index (κ1) is 32.1. The van der Waals surface area contributed by atoms with E-state index in [1.165, 1.54) is 17.7 Å². The van der Waals surface area contributed by atoms with E-state index in [1.54, 1.807) is 0 Å². The highest BCUT2D eigenvalue weighted by atomic mass is 19.4. The van der Waals surface area contributed by atoms with Crippen LogP contribution in [0.2, 0.25) is 0 Å². The summed E-state index contributed by atoms with van der Waals surface area (Å²) in [5.41, 5.74) is 2.76. The molecule has 1 aliphatic rings. The molecule has 42 heavy (non-hydrogen) atoms. The zero-order valence-electron chi connectivity index (χ0n) is 21.8. The molecule has 228 valence electrons. The third-order valence-electron chi connectivity index (χ3n) is 5.96. The number of aryl methyl sites for hydroxylation is 3. The van der Waals surface area contributed by atoms with E-state index in [-0.39, 0.29) is 24.5 Å². The van der Waals surface area contributed by atoms with Crippen LogP contribution in [0.4, 0.5) is 32.2 Å². The molecule has 1 atom stereocenters. The lowest BCUT2D eigenvalue weighted by atomic mass is 9.92. The van der Waals surface area contributed by atoms with E-state index in [4.69, 9.17) is 14.4 Å². The van der Waals surface area contributed by atoms with Crippen LogP contribution < -0.4 is 10.1 Å². The summed E-state index contributed by atoms with van der Waals surface area (Å²) in [4.78, 5) is 29.3. The average molecular weight is 605 g/mol. The van der Waals surface area contributed by atoms with Crippen LogP contribution in [0.3, 0.4) is 0 Å². The SMILES string of the molecule is O=C(O)C(F)(F)F.O=C(O)CC(Cc1nc(CCCc2ccc3c(n2)NCCC3)no1)c1ccc(OC(F)(F)F)cc1. The summed E-state index contributed by atoms with van der Waals surface area (Å²) in [7, 11) is 0. The minimum absolute atomic E-state index is 0.150. The standard InChI is InChI=1S/C24H25F3N4O4.C2HF3O2/c25-24(26,27)34-19-10-7-15(8-11-19)17(14-22(32)33)13-21-30-20(31-35-21)5-1-4-18-9-6-16-3-2-12-28-23(16)29-18;3-2(4,5)1(6)7/h6-11,17H,1-5,12-14H2,(H,28,29)(H,32,33);(H,6,7). The Morgan fingerprint density at radius 2 is 1.69 bits per heavy atom. The lowest BCUT2D eigenvalue weighted by molar-refractivity contribution is -0.274. The molecule has 3 heterocycles. The Hall–Kier alpha value is -4.37. The molecule has 2 aromatic heterocycles. The van der Waals surface area contributed by atoms with Crippen LogP contribution in [0, 0.1) is 0 Å². The molecule has 0 radical (unpaired) electrons. The number of pyridine rings is 1. The van der Waals surface area contributed by atoms with Gasteiger partial charge in [0, 0.05) is 31.0 Å². The molecule has 0 amide bonds. The van der Waals surface area contributed by atoms with Gasteiger partial charge in [-0.3, -0.25) is 4.79 Å². The minimum atomic E-state index is -5.08. The molecule has 0 fully saturated rings. The molecule has 16 heteroatoms. The van der Waals surface area contributed by atoms with E-state index in [1.807, 2.05) is 6.07 Å². The highest BCUT2D eigenvalue weighted by Gasteiger charge is 2.38. The summed E-state index contributed by atoms with van der Waals surface area (Å²) in [5, 5.41) is 23.7. The van der Waals surface area contributed by atoms with Crippen molar-refractivity contribution in [1.29, 1.82) is 0 Å². The first-order chi connectivity index (χ1) is 19.7. The second kappa shape index (κ2) is 14.0. The van der Waals surface area contributed by atoms with Crippen LogP contribution in [0.15, 0.2) is 40.9 Å². The van der Waals surface area contributed by atoms with Crippen molar-refractivity contribution in [2.45, 2.75) is 63.4 Å². The number of aliphatic carboxylic acids is 2. The number of nitrogens with one attached hydrogen (secondary N) is 1. The van der Waals surface area contributed by atoms with E-state index in [0.29, 0.717) is 17.8 Å². The Labute approximate surface area is 234 Å². The molecule has 3 aromatic rings. The second-order valence-electron chi connectivity index (χ2n) is 9.22. The minimum Gasteiger partial charge on any atom is -0.481 e. The molecular formula is C26H26F6N4O6. The van der Waals surface area contributed by atoms with E-state index in [9.17, 15) is 36.2 Å². The molecule has 3 N–H and O–H groups in total. The van der Waals surface area contributed by atoms with E-state index >= 15 is 0 Å². The molecule has 0 saturated carbocycles. The molecule has 1 unspecified atom stereocenters. The summed E-state index contributed by atoms with van der Waals surface area (Å²) < 4.78 is 78.1. The summed E-state index contributed by atoms with van der Waals surface area (Å²) >= 11 is 0. The smallest absolute Gasteiger partial charge is 0.481 e. The third-order valence-corrected chi connectivity index (χ3v) is 5.96. The first-order valence-corrected chi connectivity index (χ1v) is 12.6. The third kappa shape index (κ3) is 10.6. The van der Waals surface area contributed by atoms with E-state index in [0.717, 1.165) is 55.9 Å². The van der Waals surface area contributed by atoms with Gasteiger partial charge < -0.3 is 24.8 Å². The van der Waals surface area contributed by atoms with Crippen molar-refractivity contribution >= 4 is 17.8 Å². The maximum atomic E-state index is 12.4. The van der Waals surface area contributed by atoms with Crippen molar-refractivity contribution in [2.75, 3.05) is 11.9 Å². The molecule has 1 aromatic carbocycles. The predicted molar refractivity (Wildman–Crippen MR) is 133 cm³/mol. The number of hydrogen-bond acceptors (Lipinski definition) is 8. The first-order valence-electron chi connectivity index (χ1n) is 12.6. The average Bonchev–Trinajstić information content (AvgIpc) is 3.34. The van der Waals surface area contributed by atoms with Crippen molar-refractivity contribution in [3.8, 4) is 5.75 Å². The normalized spacial score (nSPS) is 13.7. The van der Waals surface area contributed by atoms with Gasteiger partial charge in [-0.05, 0) is 55.0 Å². The maximum absolute atomic E-state index is 12.4. The van der Waals surface area contributed by atoms with Crippen molar-refractivity contribution < 1.29 is 55.4 Å². The van der Waals surface area contributed by atoms with Gasteiger partial charge in [0.2, 0.25) is 5.89 Å². The zero-order valence-corrected chi connectivity index (χ0v) is 21.8. The van der Waals surface area contributed by atoms with Crippen LogP contribution in [0.25, 0.3) is 0 Å². The number of halogens is 6. The lowest BCUT2D eigenvalue weighted by Crippen LogP contribution is -2.21. The predicted octanol–water partition coefficient (Wildman–Crippen LogP) is 5.33. The quantitative estimate of drug-likeness (QED) is 0.259. The summed E-state index contributed by atoms with van der Waals surface area (Å²) in [5.74, 6) is -2.98. The summed E-state index contributed by atoms with van der Waals surface area (Å²) in [6.45, 7) is 0.934. The maximum Gasteiger partial charge on any atom is 0.573 e. The van der Waals surface area contributed by atoms with E-state index < -0.39 is 30.4 Å². The van der Waals surface area contributed by atoms with Gasteiger partial charge in [0.1, 0.15) is 11.6 Å². The Kier molecular flexibility index (Phi) is 10.7. The van der Waals surface area contributed by atoms with Crippen LogP contribution in [0.5, 0.6) is 5.75 Å². The van der Waals surface area contributed by atoms with Gasteiger partial charge in [-0.15, -0.1) is 13.2 Å². The molecule has 0 bridgehead atoms.